The van der Waals surface area contributed by atoms with Crippen molar-refractivity contribution in [3.05, 3.63) is 28.8 Å². The molecular formula is C12H15ClN2O3. The van der Waals surface area contributed by atoms with E-state index in [0.29, 0.717) is 10.7 Å². The van der Waals surface area contributed by atoms with Crippen LogP contribution in [0, 0.1) is 6.92 Å². The highest BCUT2D eigenvalue weighted by molar-refractivity contribution is 6.31. The van der Waals surface area contributed by atoms with Crippen LogP contribution in [0.1, 0.15) is 12.0 Å². The molecule has 1 aromatic carbocycles. The molecule has 2 amide bonds. The lowest BCUT2D eigenvalue weighted by atomic mass is 10.2. The first-order valence-electron chi connectivity index (χ1n) is 5.41. The zero-order valence-corrected chi connectivity index (χ0v) is 11.0. The second kappa shape index (κ2) is 6.26. The second-order valence-electron chi connectivity index (χ2n) is 3.91. The van der Waals surface area contributed by atoms with Gasteiger partial charge in [-0.25, -0.2) is 4.79 Å². The van der Waals surface area contributed by atoms with Gasteiger partial charge in [0.1, 0.15) is 0 Å². The average molecular weight is 271 g/mol. The van der Waals surface area contributed by atoms with Crippen LogP contribution >= 0.6 is 11.6 Å². The third-order valence-electron chi connectivity index (χ3n) is 2.52. The number of aliphatic carboxylic acids is 1. The van der Waals surface area contributed by atoms with E-state index in [-0.39, 0.29) is 19.0 Å². The Bertz CT molecular complexity index is 463. The number of hydrogen-bond donors (Lipinski definition) is 2. The van der Waals surface area contributed by atoms with E-state index in [2.05, 4.69) is 5.32 Å². The van der Waals surface area contributed by atoms with Crippen LogP contribution in [-0.2, 0) is 4.79 Å². The molecule has 2 N–H and O–H groups in total. The molecule has 0 aliphatic heterocycles. The summed E-state index contributed by atoms with van der Waals surface area (Å²) in [5.74, 6) is -0.936. The normalized spacial score (nSPS) is 9.94. The van der Waals surface area contributed by atoms with Crippen molar-refractivity contribution in [3.8, 4) is 0 Å². The van der Waals surface area contributed by atoms with Crippen LogP contribution in [0.25, 0.3) is 0 Å². The maximum atomic E-state index is 11.8. The largest absolute Gasteiger partial charge is 0.481 e. The number of carboxylic acids is 1. The van der Waals surface area contributed by atoms with Gasteiger partial charge < -0.3 is 15.3 Å². The number of nitrogens with one attached hydrogen (secondary N) is 1. The van der Waals surface area contributed by atoms with Gasteiger partial charge in [0.25, 0.3) is 0 Å². The summed E-state index contributed by atoms with van der Waals surface area (Å²) in [5.41, 5.74) is 1.40. The van der Waals surface area contributed by atoms with Gasteiger partial charge in [0, 0.05) is 24.3 Å². The first-order valence-corrected chi connectivity index (χ1v) is 5.78. The number of nitrogens with zero attached hydrogens (tertiary/aromatic N) is 1. The molecule has 0 fully saturated rings. The van der Waals surface area contributed by atoms with Crippen molar-refractivity contribution in [2.75, 3.05) is 18.9 Å². The fourth-order valence-electron chi connectivity index (χ4n) is 1.32. The number of halogens is 1. The van der Waals surface area contributed by atoms with Crippen LogP contribution in [-0.4, -0.2) is 35.6 Å². The molecule has 18 heavy (non-hydrogen) atoms. The molecule has 0 spiro atoms. The number of anilines is 1. The lowest BCUT2D eigenvalue weighted by Gasteiger charge is -2.18. The van der Waals surface area contributed by atoms with Gasteiger partial charge in [0.2, 0.25) is 0 Å². The summed E-state index contributed by atoms with van der Waals surface area (Å²) in [6, 6.07) is 4.86. The molecule has 98 valence electrons. The molecule has 0 atom stereocenters. The van der Waals surface area contributed by atoms with Gasteiger partial charge in [0.05, 0.1) is 6.42 Å². The van der Waals surface area contributed by atoms with Gasteiger partial charge in [-0.15, -0.1) is 0 Å². The van der Waals surface area contributed by atoms with Crippen LogP contribution in [0.2, 0.25) is 5.02 Å². The maximum Gasteiger partial charge on any atom is 0.321 e. The van der Waals surface area contributed by atoms with E-state index >= 15 is 0 Å². The fraction of sp³-hybridized carbons (Fsp3) is 0.333. The fourth-order valence-corrected chi connectivity index (χ4v) is 1.49. The highest BCUT2D eigenvalue weighted by atomic mass is 35.5. The van der Waals surface area contributed by atoms with Gasteiger partial charge in [0.15, 0.2) is 0 Å². The molecule has 0 aliphatic carbocycles. The van der Waals surface area contributed by atoms with Crippen LogP contribution in [0.3, 0.4) is 0 Å². The average Bonchev–Trinajstić information content (AvgIpc) is 2.31. The van der Waals surface area contributed by atoms with Gasteiger partial charge in [-0.2, -0.15) is 0 Å². The number of hydrogen-bond acceptors (Lipinski definition) is 2. The van der Waals surface area contributed by atoms with Crippen LogP contribution in [0.15, 0.2) is 18.2 Å². The lowest BCUT2D eigenvalue weighted by Crippen LogP contribution is -2.33. The van der Waals surface area contributed by atoms with E-state index in [1.165, 1.54) is 11.9 Å². The van der Waals surface area contributed by atoms with E-state index in [4.69, 9.17) is 16.7 Å². The molecule has 0 heterocycles. The van der Waals surface area contributed by atoms with E-state index < -0.39 is 5.97 Å². The lowest BCUT2D eigenvalue weighted by molar-refractivity contribution is -0.137. The number of amides is 2. The van der Waals surface area contributed by atoms with Crippen molar-refractivity contribution >= 4 is 29.3 Å². The van der Waals surface area contributed by atoms with Crippen LogP contribution < -0.4 is 5.32 Å². The standard InChI is InChI=1S/C12H15ClN2O3/c1-8-9(13)4-3-5-10(8)14-12(18)15(2)7-6-11(16)17/h3-5H,6-7H2,1-2H3,(H,14,18)(H,16,17). The maximum absolute atomic E-state index is 11.8. The number of urea groups is 1. The van der Waals surface area contributed by atoms with Crippen LogP contribution in [0.5, 0.6) is 0 Å². The highest BCUT2D eigenvalue weighted by Gasteiger charge is 2.12. The Labute approximate surface area is 110 Å². The van der Waals surface area contributed by atoms with Crippen molar-refractivity contribution < 1.29 is 14.7 Å². The first-order chi connectivity index (χ1) is 8.41. The molecule has 0 saturated carbocycles. The molecule has 1 aromatic rings. The van der Waals surface area contributed by atoms with E-state index in [9.17, 15) is 9.59 Å². The van der Waals surface area contributed by atoms with Gasteiger partial charge in [-0.1, -0.05) is 17.7 Å². The minimum Gasteiger partial charge on any atom is -0.481 e. The molecule has 0 aromatic heterocycles. The SMILES string of the molecule is Cc1c(Cl)cccc1NC(=O)N(C)CCC(=O)O. The van der Waals surface area contributed by atoms with E-state index in [0.717, 1.165) is 5.56 Å². The van der Waals surface area contributed by atoms with Crippen molar-refractivity contribution in [3.63, 3.8) is 0 Å². The quantitative estimate of drug-likeness (QED) is 0.883. The van der Waals surface area contributed by atoms with Gasteiger partial charge in [-0.3, -0.25) is 4.79 Å². The summed E-state index contributed by atoms with van der Waals surface area (Å²) in [6.45, 7) is 1.95. The molecule has 0 unspecified atom stereocenters. The number of benzene rings is 1. The van der Waals surface area contributed by atoms with Crippen molar-refractivity contribution in [1.29, 1.82) is 0 Å². The predicted molar refractivity (Wildman–Crippen MR) is 70.1 cm³/mol. The molecule has 0 bridgehead atoms. The van der Waals surface area contributed by atoms with Gasteiger partial charge in [-0.05, 0) is 24.6 Å². The zero-order chi connectivity index (χ0) is 13.7. The summed E-state index contributed by atoms with van der Waals surface area (Å²) >= 11 is 5.94. The Kier molecular flexibility index (Phi) is 4.97. The van der Waals surface area contributed by atoms with E-state index in [1.807, 2.05) is 0 Å². The van der Waals surface area contributed by atoms with Gasteiger partial charge >= 0.3 is 12.0 Å². The molecule has 0 aliphatic rings. The Hall–Kier alpha value is -1.75. The number of carbonyl (C=O) groups is 2. The Morgan fingerprint density at radius 2 is 2.11 bits per heavy atom. The van der Waals surface area contributed by atoms with Crippen LogP contribution in [0.4, 0.5) is 10.5 Å². The van der Waals surface area contributed by atoms with Crippen molar-refractivity contribution in [1.82, 2.24) is 4.90 Å². The molecule has 1 rings (SSSR count). The first kappa shape index (κ1) is 14.3. The molecule has 6 heteroatoms. The Balaban J connectivity index is 2.64. The minimum absolute atomic E-state index is 0.0849. The highest BCUT2D eigenvalue weighted by Crippen LogP contribution is 2.23. The Morgan fingerprint density at radius 3 is 2.72 bits per heavy atom. The summed E-state index contributed by atoms with van der Waals surface area (Å²) in [7, 11) is 1.54. The monoisotopic (exact) mass is 270 g/mol. The topological polar surface area (TPSA) is 69.6 Å². The summed E-state index contributed by atoms with van der Waals surface area (Å²) < 4.78 is 0. The molecule has 5 nitrogen and oxygen atoms in total. The van der Waals surface area contributed by atoms with E-state index in [1.54, 1.807) is 25.1 Å². The number of carbonyl (C=O) groups excluding carboxylic acids is 1. The molecular weight excluding hydrogens is 256 g/mol. The van der Waals surface area contributed by atoms with Crippen molar-refractivity contribution in [2.24, 2.45) is 0 Å². The third-order valence-corrected chi connectivity index (χ3v) is 2.93. The predicted octanol–water partition coefficient (Wildman–Crippen LogP) is 2.59. The number of rotatable bonds is 4. The minimum atomic E-state index is -0.936. The molecule has 0 saturated heterocycles. The molecule has 0 radical (unpaired) electrons. The summed E-state index contributed by atoms with van der Waals surface area (Å²) in [4.78, 5) is 23.5. The summed E-state index contributed by atoms with van der Waals surface area (Å²) in [6.07, 6.45) is -0.0849. The van der Waals surface area contributed by atoms with Crippen molar-refractivity contribution in [2.45, 2.75) is 13.3 Å². The Morgan fingerprint density at radius 1 is 1.44 bits per heavy atom. The zero-order valence-electron chi connectivity index (χ0n) is 10.2. The third kappa shape index (κ3) is 3.92. The number of carboxylic acid groups (broad SMARTS) is 1. The second-order valence-corrected chi connectivity index (χ2v) is 4.32. The smallest absolute Gasteiger partial charge is 0.321 e. The summed E-state index contributed by atoms with van der Waals surface area (Å²) in [5, 5.41) is 11.8.